The molecular weight excluding hydrogens is 424 g/mol. The number of para-hydroxylation sites is 2. The Morgan fingerprint density at radius 1 is 0.636 bits per heavy atom. The number of nitrogens with zero attached hydrogens (tertiary/aromatic N) is 4. The smallest absolute Gasteiger partial charge is 0.0964 e. The third-order valence-corrected chi connectivity index (χ3v) is 7.23. The largest absolute Gasteiger partial charge is 0.308 e. The fraction of sp³-hybridized carbons (Fsp3) is 0. The van der Waals surface area contributed by atoms with Crippen molar-refractivity contribution in [3.8, 4) is 5.69 Å². The van der Waals surface area contributed by atoms with E-state index in [4.69, 9.17) is 4.98 Å². The van der Waals surface area contributed by atoms with Crippen molar-refractivity contribution in [1.82, 2.24) is 14.5 Å². The molecule has 4 nitrogen and oxygen atoms in total. The highest BCUT2D eigenvalue weighted by Gasteiger charge is 2.25. The van der Waals surface area contributed by atoms with E-state index in [1.807, 2.05) is 36.3 Å². The van der Waals surface area contributed by atoms with Crippen molar-refractivity contribution < 1.29 is 0 Å². The first-order valence-corrected chi connectivity index (χ1v) is 11.7. The predicted octanol–water partition coefficient (Wildman–Crippen LogP) is 7.51. The Balaban J connectivity index is 1.51. The van der Waals surface area contributed by atoms with Gasteiger partial charge in [-0.05, 0) is 66.7 Å². The van der Waals surface area contributed by atoms with Gasteiger partial charge in [0.15, 0.2) is 0 Å². The Morgan fingerprint density at radius 2 is 1.39 bits per heavy atom. The first-order valence-electron chi connectivity index (χ1n) is 10.8. The van der Waals surface area contributed by atoms with Crippen molar-refractivity contribution in [2.45, 2.75) is 9.79 Å². The van der Waals surface area contributed by atoms with Crippen molar-refractivity contribution in [1.29, 1.82) is 0 Å². The van der Waals surface area contributed by atoms with Crippen molar-refractivity contribution in [2.24, 2.45) is 0 Å². The highest BCUT2D eigenvalue weighted by Crippen LogP contribution is 2.51. The zero-order chi connectivity index (χ0) is 21.8. The number of aromatic nitrogens is 3. The van der Waals surface area contributed by atoms with Crippen LogP contribution >= 0.6 is 11.8 Å². The summed E-state index contributed by atoms with van der Waals surface area (Å²) in [5.74, 6) is 0. The van der Waals surface area contributed by atoms with Crippen LogP contribution in [0.4, 0.5) is 17.1 Å². The lowest BCUT2D eigenvalue weighted by Gasteiger charge is -2.32. The summed E-state index contributed by atoms with van der Waals surface area (Å²) in [7, 11) is 0. The molecule has 3 aromatic heterocycles. The van der Waals surface area contributed by atoms with Crippen LogP contribution in [0.3, 0.4) is 0 Å². The second-order valence-electron chi connectivity index (χ2n) is 7.99. The summed E-state index contributed by atoms with van der Waals surface area (Å²) >= 11 is 1.82. The lowest BCUT2D eigenvalue weighted by molar-refractivity contribution is 1.14. The fourth-order valence-corrected chi connectivity index (χ4v) is 5.77. The normalized spacial score (nSPS) is 12.7. The third-order valence-electron chi connectivity index (χ3n) is 6.10. The zero-order valence-corrected chi connectivity index (χ0v) is 18.4. The minimum atomic E-state index is 0.992. The molecule has 1 aliphatic rings. The van der Waals surface area contributed by atoms with Gasteiger partial charge in [-0.15, -0.1) is 0 Å². The van der Waals surface area contributed by atoms with Crippen LogP contribution in [0.2, 0.25) is 0 Å². The van der Waals surface area contributed by atoms with Crippen molar-refractivity contribution in [3.63, 3.8) is 0 Å². The summed E-state index contributed by atoms with van der Waals surface area (Å²) in [4.78, 5) is 14.0. The maximum Gasteiger partial charge on any atom is 0.0964 e. The Hall–Kier alpha value is -4.09. The molecule has 1 aliphatic heterocycles. The summed E-state index contributed by atoms with van der Waals surface area (Å²) < 4.78 is 2.24. The molecule has 3 aromatic carbocycles. The molecule has 5 heteroatoms. The average molecular weight is 443 g/mol. The highest BCUT2D eigenvalue weighted by molar-refractivity contribution is 7.99. The summed E-state index contributed by atoms with van der Waals surface area (Å²) in [6, 6.07) is 32.0. The molecule has 0 spiro atoms. The van der Waals surface area contributed by atoms with Gasteiger partial charge in [0.1, 0.15) is 0 Å². The SMILES string of the molecule is c1cncc(-n2c3ccc(N4c5ccccc5Sc5ccccc54)cc3c3ncccc32)c1. The van der Waals surface area contributed by atoms with Crippen LogP contribution in [0.25, 0.3) is 27.6 Å². The molecule has 0 unspecified atom stereocenters. The maximum absolute atomic E-state index is 4.77. The Labute approximate surface area is 195 Å². The number of pyridine rings is 2. The van der Waals surface area contributed by atoms with Crippen LogP contribution in [-0.4, -0.2) is 14.5 Å². The molecule has 0 radical (unpaired) electrons. The molecule has 156 valence electrons. The lowest BCUT2D eigenvalue weighted by atomic mass is 10.1. The molecule has 0 atom stereocenters. The number of hydrogen-bond donors (Lipinski definition) is 0. The highest BCUT2D eigenvalue weighted by atomic mass is 32.2. The molecule has 4 heterocycles. The van der Waals surface area contributed by atoms with Crippen LogP contribution in [0, 0.1) is 0 Å². The molecular formula is C28H18N4S. The van der Waals surface area contributed by atoms with Crippen molar-refractivity contribution >= 4 is 50.8 Å². The molecule has 0 saturated heterocycles. The number of anilines is 3. The first-order chi connectivity index (χ1) is 16.4. The van der Waals surface area contributed by atoms with Crippen LogP contribution in [0.5, 0.6) is 0 Å². The topological polar surface area (TPSA) is 34.0 Å². The van der Waals surface area contributed by atoms with Gasteiger partial charge in [-0.3, -0.25) is 9.97 Å². The number of hydrogen-bond acceptors (Lipinski definition) is 4. The molecule has 0 N–H and O–H groups in total. The Bertz CT molecular complexity index is 1610. The molecule has 0 aliphatic carbocycles. The van der Waals surface area contributed by atoms with Crippen LogP contribution in [0.15, 0.2) is 119 Å². The van der Waals surface area contributed by atoms with E-state index in [1.54, 1.807) is 6.20 Å². The second kappa shape index (κ2) is 7.22. The molecule has 0 amide bonds. The molecule has 7 rings (SSSR count). The zero-order valence-electron chi connectivity index (χ0n) is 17.6. The number of fused-ring (bicyclic) bond motifs is 5. The van der Waals surface area contributed by atoms with E-state index in [-0.39, 0.29) is 0 Å². The van der Waals surface area contributed by atoms with Gasteiger partial charge >= 0.3 is 0 Å². The van der Waals surface area contributed by atoms with E-state index < -0.39 is 0 Å². The number of benzene rings is 3. The van der Waals surface area contributed by atoms with E-state index >= 15 is 0 Å². The van der Waals surface area contributed by atoms with Gasteiger partial charge in [-0.1, -0.05) is 36.0 Å². The minimum absolute atomic E-state index is 0.992. The van der Waals surface area contributed by atoms with E-state index in [0.29, 0.717) is 0 Å². The van der Waals surface area contributed by atoms with Gasteiger partial charge < -0.3 is 9.47 Å². The Morgan fingerprint density at radius 3 is 2.15 bits per heavy atom. The predicted molar refractivity (Wildman–Crippen MR) is 135 cm³/mol. The van der Waals surface area contributed by atoms with E-state index in [2.05, 4.69) is 93.3 Å². The fourth-order valence-electron chi connectivity index (χ4n) is 4.71. The monoisotopic (exact) mass is 442 g/mol. The summed E-state index contributed by atoms with van der Waals surface area (Å²) in [6.07, 6.45) is 5.56. The standard InChI is InChI=1S/C28H18N4S/c1-3-11-26-23(8-1)31(24-9-2-4-12-27(24)33-26)19-13-14-22-21(17-19)28-25(10-6-16-30-28)32(22)20-7-5-15-29-18-20/h1-18H. The number of rotatable bonds is 2. The van der Waals surface area contributed by atoms with E-state index in [1.165, 1.54) is 21.2 Å². The Kier molecular flexibility index (Phi) is 4.04. The molecule has 0 fully saturated rings. The van der Waals surface area contributed by atoms with Crippen LogP contribution < -0.4 is 4.90 Å². The van der Waals surface area contributed by atoms with E-state index in [0.717, 1.165) is 33.3 Å². The molecule has 33 heavy (non-hydrogen) atoms. The summed E-state index contributed by atoms with van der Waals surface area (Å²) in [5.41, 5.74) is 7.74. The lowest BCUT2D eigenvalue weighted by Crippen LogP contribution is -2.14. The van der Waals surface area contributed by atoms with Gasteiger partial charge in [0, 0.05) is 33.3 Å². The summed E-state index contributed by atoms with van der Waals surface area (Å²) in [5, 5.41) is 1.13. The van der Waals surface area contributed by atoms with Crippen molar-refractivity contribution in [2.75, 3.05) is 4.90 Å². The van der Waals surface area contributed by atoms with Gasteiger partial charge in [0.25, 0.3) is 0 Å². The maximum atomic E-state index is 4.77. The average Bonchev–Trinajstić information content (AvgIpc) is 3.21. The summed E-state index contributed by atoms with van der Waals surface area (Å²) in [6.45, 7) is 0. The van der Waals surface area contributed by atoms with Gasteiger partial charge in [-0.25, -0.2) is 0 Å². The molecule has 0 bridgehead atoms. The molecule has 6 aromatic rings. The third kappa shape index (κ3) is 2.79. The first kappa shape index (κ1) is 18.5. The van der Waals surface area contributed by atoms with Crippen LogP contribution in [-0.2, 0) is 0 Å². The van der Waals surface area contributed by atoms with Gasteiger partial charge in [0.2, 0.25) is 0 Å². The molecule has 0 saturated carbocycles. The van der Waals surface area contributed by atoms with Gasteiger partial charge in [0.05, 0.1) is 39.8 Å². The van der Waals surface area contributed by atoms with Crippen LogP contribution in [0.1, 0.15) is 0 Å². The van der Waals surface area contributed by atoms with Crippen molar-refractivity contribution in [3.05, 3.63) is 110 Å². The quantitative estimate of drug-likeness (QED) is 0.277. The minimum Gasteiger partial charge on any atom is -0.308 e. The van der Waals surface area contributed by atoms with E-state index in [9.17, 15) is 0 Å². The van der Waals surface area contributed by atoms with Gasteiger partial charge in [-0.2, -0.15) is 0 Å². The second-order valence-corrected chi connectivity index (χ2v) is 9.08.